The third kappa shape index (κ3) is 4.66. The maximum atomic E-state index is 7.12. The molecule has 0 saturated carbocycles. The molecule has 0 amide bonds. The third-order valence-electron chi connectivity index (χ3n) is 13.0. The van der Waals surface area contributed by atoms with Crippen LogP contribution >= 0.6 is 0 Å². The molecule has 0 spiro atoms. The van der Waals surface area contributed by atoms with Crippen molar-refractivity contribution in [2.24, 2.45) is 4.99 Å². The van der Waals surface area contributed by atoms with Crippen molar-refractivity contribution in [2.45, 2.75) is 24.7 Å². The van der Waals surface area contributed by atoms with Crippen LogP contribution in [0.1, 0.15) is 24.0 Å². The summed E-state index contributed by atoms with van der Waals surface area (Å²) in [5.74, 6) is 0.112. The molecule has 10 aromatic rings. The van der Waals surface area contributed by atoms with Crippen LogP contribution in [0.3, 0.4) is 0 Å². The van der Waals surface area contributed by atoms with E-state index in [-0.39, 0.29) is 12.0 Å². The topological polar surface area (TPSA) is 43.5 Å². The lowest BCUT2D eigenvalue weighted by Crippen LogP contribution is -2.52. The molecule has 60 heavy (non-hydrogen) atoms. The van der Waals surface area contributed by atoms with Crippen molar-refractivity contribution >= 4 is 60.1 Å². The Kier molecular flexibility index (Phi) is 6.91. The molecule has 2 aromatic heterocycles. The second-order valence-electron chi connectivity index (χ2n) is 16.4. The fraction of sp³-hybridized carbons (Fsp3) is 0.0727. The molecule has 3 aliphatic rings. The molecule has 13 rings (SSSR count). The minimum Gasteiger partial charge on any atom is -0.484 e. The summed E-state index contributed by atoms with van der Waals surface area (Å²) < 4.78 is 12.0. The van der Waals surface area contributed by atoms with Gasteiger partial charge in [0.15, 0.2) is 0 Å². The number of ether oxygens (including phenoxy) is 1. The van der Waals surface area contributed by atoms with Gasteiger partial charge in [-0.1, -0.05) is 140 Å². The molecular formula is C55H38N4O. The van der Waals surface area contributed by atoms with Crippen LogP contribution in [-0.4, -0.2) is 15.2 Å². The molecule has 284 valence electrons. The van der Waals surface area contributed by atoms with Crippen LogP contribution < -0.4 is 20.6 Å². The molecule has 3 atom stereocenters. The predicted molar refractivity (Wildman–Crippen MR) is 245 cm³/mol. The van der Waals surface area contributed by atoms with Gasteiger partial charge in [-0.05, 0) is 83.4 Å². The predicted octanol–water partition coefficient (Wildman–Crippen LogP) is 11.4. The van der Waals surface area contributed by atoms with E-state index in [1.165, 1.54) is 43.5 Å². The molecule has 0 fully saturated rings. The van der Waals surface area contributed by atoms with E-state index >= 15 is 0 Å². The lowest BCUT2D eigenvalue weighted by molar-refractivity contribution is 0.271. The zero-order chi connectivity index (χ0) is 39.5. The Morgan fingerprint density at radius 1 is 0.600 bits per heavy atom. The summed E-state index contributed by atoms with van der Waals surface area (Å²) in [7, 11) is 0. The first-order valence-electron chi connectivity index (χ1n) is 20.8. The van der Waals surface area contributed by atoms with E-state index in [0.717, 1.165) is 60.8 Å². The van der Waals surface area contributed by atoms with Crippen LogP contribution in [0.15, 0.2) is 199 Å². The van der Waals surface area contributed by atoms with Crippen molar-refractivity contribution in [1.82, 2.24) is 14.5 Å². The highest BCUT2D eigenvalue weighted by molar-refractivity contribution is 6.25. The Balaban J connectivity index is 1.18. The molecule has 4 heterocycles. The first-order valence-corrected chi connectivity index (χ1v) is 20.8. The largest absolute Gasteiger partial charge is 0.484 e. The first-order chi connectivity index (χ1) is 29.6. The summed E-state index contributed by atoms with van der Waals surface area (Å²) in [5.41, 5.74) is 11.4. The Labute approximate surface area is 346 Å². The van der Waals surface area contributed by atoms with Crippen molar-refractivity contribution in [3.05, 3.63) is 216 Å². The quantitative estimate of drug-likeness (QED) is 0.194. The van der Waals surface area contributed by atoms with Gasteiger partial charge in [-0.3, -0.25) is 4.57 Å². The van der Waals surface area contributed by atoms with E-state index in [1.807, 2.05) is 0 Å². The molecular weight excluding hydrogens is 733 g/mol. The molecule has 5 heteroatoms. The summed E-state index contributed by atoms with van der Waals surface area (Å²) in [6.45, 7) is 2.22. The normalized spacial score (nSPS) is 19.1. The number of nitrogens with zero attached hydrogens (tertiary/aromatic N) is 3. The Hall–Kier alpha value is -7.63. The van der Waals surface area contributed by atoms with Crippen molar-refractivity contribution in [3.63, 3.8) is 0 Å². The van der Waals surface area contributed by atoms with E-state index in [2.05, 4.69) is 216 Å². The lowest BCUT2D eigenvalue weighted by Gasteiger charge is -2.35. The number of allylic oxidation sites excluding steroid dienone is 2. The maximum Gasteiger partial charge on any atom is 0.209 e. The van der Waals surface area contributed by atoms with Gasteiger partial charge in [-0.2, -0.15) is 0 Å². The Morgan fingerprint density at radius 2 is 1.32 bits per heavy atom. The average Bonchev–Trinajstić information content (AvgIpc) is 3.97. The van der Waals surface area contributed by atoms with Crippen molar-refractivity contribution < 1.29 is 4.74 Å². The zero-order valence-electron chi connectivity index (χ0n) is 32.9. The van der Waals surface area contributed by atoms with Gasteiger partial charge in [0, 0.05) is 44.1 Å². The molecule has 8 aromatic carbocycles. The van der Waals surface area contributed by atoms with Gasteiger partial charge >= 0.3 is 0 Å². The van der Waals surface area contributed by atoms with Gasteiger partial charge < -0.3 is 14.6 Å². The van der Waals surface area contributed by atoms with Crippen LogP contribution in [0, 0.1) is 0 Å². The maximum absolute atomic E-state index is 7.12. The van der Waals surface area contributed by atoms with E-state index in [4.69, 9.17) is 9.73 Å². The lowest BCUT2D eigenvalue weighted by atomic mass is 9.88. The molecule has 5 nitrogen and oxygen atoms in total. The highest BCUT2D eigenvalue weighted by Gasteiger charge is 2.40. The van der Waals surface area contributed by atoms with E-state index < -0.39 is 5.79 Å². The number of para-hydroxylation sites is 3. The molecule has 2 aliphatic heterocycles. The number of fused-ring (bicyclic) bond motifs is 13. The van der Waals surface area contributed by atoms with Crippen LogP contribution in [0.25, 0.3) is 76.9 Å². The number of hydrogen-bond acceptors (Lipinski definition) is 3. The minimum absolute atomic E-state index is 0.0823. The average molecular weight is 771 g/mol. The fourth-order valence-corrected chi connectivity index (χ4v) is 10.4. The molecule has 0 bridgehead atoms. The van der Waals surface area contributed by atoms with Crippen molar-refractivity contribution in [2.75, 3.05) is 0 Å². The third-order valence-corrected chi connectivity index (χ3v) is 13.0. The molecule has 1 N–H and O–H groups in total. The van der Waals surface area contributed by atoms with Crippen molar-refractivity contribution in [1.29, 1.82) is 0 Å². The number of aromatic nitrogens is 2. The number of nitrogens with one attached hydrogen (secondary N) is 1. The van der Waals surface area contributed by atoms with Gasteiger partial charge in [0.1, 0.15) is 11.9 Å². The summed E-state index contributed by atoms with van der Waals surface area (Å²) in [6, 6.07) is 61.4. The summed E-state index contributed by atoms with van der Waals surface area (Å²) >= 11 is 0. The Bertz CT molecular complexity index is 3630. The van der Waals surface area contributed by atoms with Gasteiger partial charge in [-0.25, -0.2) is 4.99 Å². The van der Waals surface area contributed by atoms with Crippen molar-refractivity contribution in [3.8, 4) is 22.6 Å². The number of benzene rings is 8. The van der Waals surface area contributed by atoms with E-state index in [9.17, 15) is 0 Å². The summed E-state index contributed by atoms with van der Waals surface area (Å²) in [6.07, 6.45) is 8.70. The van der Waals surface area contributed by atoms with E-state index in [0.29, 0.717) is 0 Å². The first kappa shape index (κ1) is 33.4. The second kappa shape index (κ2) is 12.4. The zero-order valence-corrected chi connectivity index (χ0v) is 32.9. The number of rotatable bonds is 4. The summed E-state index contributed by atoms with van der Waals surface area (Å²) in [5, 5.41) is 13.2. The highest BCUT2D eigenvalue weighted by Crippen LogP contribution is 2.54. The Morgan fingerprint density at radius 3 is 2.20 bits per heavy atom. The molecule has 3 unspecified atom stereocenters. The van der Waals surface area contributed by atoms with Gasteiger partial charge in [-0.15, -0.1) is 0 Å². The molecule has 0 radical (unpaired) electrons. The van der Waals surface area contributed by atoms with Gasteiger partial charge in [0.05, 0.1) is 38.5 Å². The number of hydrogen-bond donors (Lipinski definition) is 1. The summed E-state index contributed by atoms with van der Waals surface area (Å²) in [4.78, 5) is 5.67. The van der Waals surface area contributed by atoms with E-state index in [1.54, 1.807) is 0 Å². The van der Waals surface area contributed by atoms with Crippen LogP contribution in [0.2, 0.25) is 0 Å². The molecule has 0 saturated heterocycles. The smallest absolute Gasteiger partial charge is 0.209 e. The molecule has 1 aliphatic carbocycles. The second-order valence-corrected chi connectivity index (χ2v) is 16.4. The fourth-order valence-electron chi connectivity index (χ4n) is 10.4. The van der Waals surface area contributed by atoms with Crippen LogP contribution in [0.4, 0.5) is 0 Å². The van der Waals surface area contributed by atoms with Gasteiger partial charge in [0.25, 0.3) is 0 Å². The SMILES string of the molecule is CC1(n2c3ccc4ccccc4c3c3c4c(cc(-c5ccc6c(c5)c5ccccc5n6-c5ccccc5)c32)C2C=CC=CC2O4)N=c2ccccc2=C(c2ccccc2)N1. The van der Waals surface area contributed by atoms with Crippen LogP contribution in [0.5, 0.6) is 5.75 Å². The standard InChI is InChI=1S/C55H38N4O/c1-55(56-45-25-13-10-24-41(45)52(57-55)35-17-4-2-5-18-35)59-48-31-28-34-16-8-9-21-38(34)50(48)51-53(59)42(33-44-40-23-12-15-27-49(40)60-54(44)51)36-29-30-47-43(32-36)39-22-11-14-26-46(39)58(47)37-19-6-3-7-20-37/h2-33,40,49,57H,1H3. The highest BCUT2D eigenvalue weighted by atomic mass is 16.5. The van der Waals surface area contributed by atoms with Gasteiger partial charge in [0.2, 0.25) is 5.79 Å². The monoisotopic (exact) mass is 770 g/mol. The van der Waals surface area contributed by atoms with Crippen LogP contribution in [-0.2, 0) is 5.79 Å². The minimum atomic E-state index is -0.941.